The Labute approximate surface area is 113 Å². The van der Waals surface area contributed by atoms with Gasteiger partial charge < -0.3 is 18.9 Å². The number of carbonyl (C=O) groups excluding carboxylic acids is 4. The average molecular weight is 294 g/mol. The third kappa shape index (κ3) is 12.5. The lowest BCUT2D eigenvalue weighted by Gasteiger charge is -2.05. The van der Waals surface area contributed by atoms with Crippen LogP contribution in [-0.4, -0.2) is 49.0 Å². The highest BCUT2D eigenvalue weighted by atomic mass is 32.2. The van der Waals surface area contributed by atoms with Gasteiger partial charge in [-0.1, -0.05) is 0 Å². The predicted molar refractivity (Wildman–Crippen MR) is 62.8 cm³/mol. The van der Waals surface area contributed by atoms with Gasteiger partial charge in [0.05, 0.1) is 11.5 Å². The molecular formula is C10H14O8S. The van der Waals surface area contributed by atoms with Crippen molar-refractivity contribution in [3.05, 3.63) is 0 Å². The van der Waals surface area contributed by atoms with Crippen molar-refractivity contribution < 1.29 is 38.1 Å². The van der Waals surface area contributed by atoms with Crippen LogP contribution in [0.2, 0.25) is 0 Å². The zero-order valence-corrected chi connectivity index (χ0v) is 11.3. The van der Waals surface area contributed by atoms with Crippen LogP contribution in [0.15, 0.2) is 0 Å². The fraction of sp³-hybridized carbons (Fsp3) is 0.600. The van der Waals surface area contributed by atoms with Crippen molar-refractivity contribution in [2.75, 3.05) is 25.1 Å². The van der Waals surface area contributed by atoms with Crippen molar-refractivity contribution in [3.63, 3.8) is 0 Å². The number of rotatable bonds is 8. The average Bonchev–Trinajstić information content (AvgIpc) is 2.27. The van der Waals surface area contributed by atoms with E-state index in [2.05, 4.69) is 18.9 Å². The lowest BCUT2D eigenvalue weighted by molar-refractivity contribution is -0.165. The minimum atomic E-state index is -0.626. The molecule has 0 aliphatic carbocycles. The van der Waals surface area contributed by atoms with Gasteiger partial charge in [0.1, 0.15) is 0 Å². The van der Waals surface area contributed by atoms with Gasteiger partial charge in [-0.25, -0.2) is 0 Å². The molecule has 8 nitrogen and oxygen atoms in total. The molecule has 0 bridgehead atoms. The molecule has 0 aliphatic heterocycles. The molecule has 0 amide bonds. The smallest absolute Gasteiger partial charge is 0.318 e. The van der Waals surface area contributed by atoms with E-state index < -0.39 is 37.5 Å². The third-order valence-electron chi connectivity index (χ3n) is 1.40. The van der Waals surface area contributed by atoms with Gasteiger partial charge in [0.15, 0.2) is 0 Å². The van der Waals surface area contributed by atoms with Crippen LogP contribution in [-0.2, 0) is 38.1 Å². The summed E-state index contributed by atoms with van der Waals surface area (Å²) >= 11 is 0.957. The third-order valence-corrected chi connectivity index (χ3v) is 2.28. The second kappa shape index (κ2) is 10.2. The highest BCUT2D eigenvalue weighted by molar-refractivity contribution is 8.00. The van der Waals surface area contributed by atoms with Gasteiger partial charge in [-0.2, -0.15) is 0 Å². The number of ether oxygens (including phenoxy) is 4. The van der Waals surface area contributed by atoms with Crippen LogP contribution in [0.3, 0.4) is 0 Å². The Hall–Kier alpha value is -1.77. The molecule has 0 unspecified atom stereocenters. The standard InChI is InChI=1S/C10H14O8S/c1-7(11)15-5-17-9(13)3-19-4-10(14)18-6-16-8(2)12/h3-6H2,1-2H3. The minimum absolute atomic E-state index is 0.0933. The van der Waals surface area contributed by atoms with Crippen molar-refractivity contribution in [1.29, 1.82) is 0 Å². The minimum Gasteiger partial charge on any atom is -0.428 e. The number of hydrogen-bond donors (Lipinski definition) is 0. The molecule has 0 saturated heterocycles. The summed E-state index contributed by atoms with van der Waals surface area (Å²) in [5.74, 6) is -2.56. The first-order chi connectivity index (χ1) is 8.91. The van der Waals surface area contributed by atoms with E-state index in [4.69, 9.17) is 0 Å². The fourth-order valence-electron chi connectivity index (χ4n) is 0.657. The molecule has 0 saturated carbocycles. The molecule has 0 radical (unpaired) electrons. The molecule has 0 aromatic rings. The van der Waals surface area contributed by atoms with Crippen molar-refractivity contribution in [2.45, 2.75) is 13.8 Å². The maximum atomic E-state index is 11.1. The Bertz CT molecular complexity index is 308. The zero-order chi connectivity index (χ0) is 14.7. The van der Waals surface area contributed by atoms with Gasteiger partial charge in [-0.3, -0.25) is 19.2 Å². The van der Waals surface area contributed by atoms with Crippen molar-refractivity contribution in [3.8, 4) is 0 Å². The quantitative estimate of drug-likeness (QED) is 0.446. The molecule has 108 valence electrons. The predicted octanol–water partition coefficient (Wildman–Crippen LogP) is -0.153. The van der Waals surface area contributed by atoms with E-state index in [9.17, 15) is 19.2 Å². The first kappa shape index (κ1) is 17.2. The Morgan fingerprint density at radius 1 is 0.737 bits per heavy atom. The summed E-state index contributed by atoms with van der Waals surface area (Å²) in [5, 5.41) is 0. The highest BCUT2D eigenvalue weighted by Gasteiger charge is 2.08. The zero-order valence-electron chi connectivity index (χ0n) is 10.5. The molecular weight excluding hydrogens is 280 g/mol. The maximum Gasteiger partial charge on any atom is 0.318 e. The number of esters is 4. The summed E-state index contributed by atoms with van der Waals surface area (Å²) in [4.78, 5) is 42.8. The molecule has 0 rings (SSSR count). The molecule has 0 aromatic heterocycles. The fourth-order valence-corrected chi connectivity index (χ4v) is 1.26. The number of thioether (sulfide) groups is 1. The molecule has 0 aliphatic rings. The number of hydrogen-bond acceptors (Lipinski definition) is 9. The van der Waals surface area contributed by atoms with Crippen LogP contribution in [0.1, 0.15) is 13.8 Å². The van der Waals surface area contributed by atoms with E-state index in [0.717, 1.165) is 11.8 Å². The molecule has 0 heterocycles. The summed E-state index contributed by atoms with van der Waals surface area (Å²) in [5.41, 5.74) is 0. The van der Waals surface area contributed by atoms with Crippen LogP contribution in [0.4, 0.5) is 0 Å². The normalized spacial score (nSPS) is 9.37. The van der Waals surface area contributed by atoms with E-state index in [1.54, 1.807) is 0 Å². The van der Waals surface area contributed by atoms with E-state index in [0.29, 0.717) is 0 Å². The maximum absolute atomic E-state index is 11.1. The topological polar surface area (TPSA) is 105 Å². The Morgan fingerprint density at radius 2 is 1.11 bits per heavy atom. The van der Waals surface area contributed by atoms with Gasteiger partial charge in [0.25, 0.3) is 0 Å². The second-order valence-electron chi connectivity index (χ2n) is 3.03. The van der Waals surface area contributed by atoms with Gasteiger partial charge >= 0.3 is 23.9 Å². The van der Waals surface area contributed by atoms with Crippen molar-refractivity contribution in [1.82, 2.24) is 0 Å². The van der Waals surface area contributed by atoms with Gasteiger partial charge in [-0.05, 0) is 0 Å². The van der Waals surface area contributed by atoms with Gasteiger partial charge in [0, 0.05) is 13.8 Å². The monoisotopic (exact) mass is 294 g/mol. The number of carbonyl (C=O) groups is 4. The van der Waals surface area contributed by atoms with Crippen LogP contribution >= 0.6 is 11.8 Å². The van der Waals surface area contributed by atoms with E-state index in [-0.39, 0.29) is 11.5 Å². The summed E-state index contributed by atoms with van der Waals surface area (Å²) in [7, 11) is 0. The summed E-state index contributed by atoms with van der Waals surface area (Å²) in [6.07, 6.45) is 0. The van der Waals surface area contributed by atoms with E-state index in [1.807, 2.05) is 0 Å². The molecule has 0 N–H and O–H groups in total. The van der Waals surface area contributed by atoms with Crippen LogP contribution < -0.4 is 0 Å². The first-order valence-corrected chi connectivity index (χ1v) is 6.23. The Balaban J connectivity index is 3.50. The Kier molecular flexibility index (Phi) is 9.23. The molecule has 19 heavy (non-hydrogen) atoms. The molecule has 9 heteroatoms. The summed E-state index contributed by atoms with van der Waals surface area (Å²) in [6, 6.07) is 0. The lowest BCUT2D eigenvalue weighted by atomic mass is 10.8. The second-order valence-corrected chi connectivity index (χ2v) is 4.02. The van der Waals surface area contributed by atoms with Crippen LogP contribution in [0.5, 0.6) is 0 Å². The largest absolute Gasteiger partial charge is 0.428 e. The van der Waals surface area contributed by atoms with Gasteiger partial charge in [-0.15, -0.1) is 11.8 Å². The molecule has 0 aromatic carbocycles. The van der Waals surface area contributed by atoms with E-state index >= 15 is 0 Å². The summed E-state index contributed by atoms with van der Waals surface area (Å²) in [6.45, 7) is 1.46. The molecule has 0 fully saturated rings. The van der Waals surface area contributed by atoms with Crippen LogP contribution in [0, 0.1) is 0 Å². The Morgan fingerprint density at radius 3 is 1.42 bits per heavy atom. The SMILES string of the molecule is CC(=O)OCOC(=O)CSCC(=O)OCOC(C)=O. The highest BCUT2D eigenvalue weighted by Crippen LogP contribution is 2.02. The van der Waals surface area contributed by atoms with Crippen LogP contribution in [0.25, 0.3) is 0 Å². The summed E-state index contributed by atoms with van der Waals surface area (Å²) < 4.78 is 17.8. The lowest BCUT2D eigenvalue weighted by Crippen LogP contribution is -2.15. The molecule has 0 spiro atoms. The van der Waals surface area contributed by atoms with Crippen molar-refractivity contribution in [2.24, 2.45) is 0 Å². The van der Waals surface area contributed by atoms with Crippen molar-refractivity contribution >= 4 is 35.6 Å². The van der Waals surface area contributed by atoms with E-state index in [1.165, 1.54) is 13.8 Å². The first-order valence-electron chi connectivity index (χ1n) is 5.07. The molecule has 0 atom stereocenters. The van der Waals surface area contributed by atoms with Gasteiger partial charge in [0.2, 0.25) is 13.6 Å².